The minimum absolute atomic E-state index is 0.0781. The zero-order valence-corrected chi connectivity index (χ0v) is 10.9. The van der Waals surface area contributed by atoms with Gasteiger partial charge in [-0.05, 0) is 18.8 Å². The molecule has 2 atom stereocenters. The molecule has 1 amide bonds. The predicted molar refractivity (Wildman–Crippen MR) is 68.7 cm³/mol. The van der Waals surface area contributed by atoms with Crippen molar-refractivity contribution in [3.63, 3.8) is 0 Å². The lowest BCUT2D eigenvalue weighted by Crippen LogP contribution is -2.52. The van der Waals surface area contributed by atoms with Crippen molar-refractivity contribution in [2.45, 2.75) is 32.2 Å². The number of amides is 1. The molecule has 2 rings (SSSR count). The summed E-state index contributed by atoms with van der Waals surface area (Å²) in [6, 6.07) is 0.0781. The lowest BCUT2D eigenvalue weighted by atomic mass is 9.95. The zero-order chi connectivity index (χ0) is 11.4. The second kappa shape index (κ2) is 5.92. The highest BCUT2D eigenvalue weighted by molar-refractivity contribution is 7.99. The number of thioether (sulfide) groups is 1. The molecule has 0 radical (unpaired) electrons. The fourth-order valence-electron chi connectivity index (χ4n) is 2.54. The van der Waals surface area contributed by atoms with Gasteiger partial charge in [0.05, 0.1) is 6.04 Å². The molecular formula is C12H22N2OS. The maximum atomic E-state index is 12.3. The molecule has 0 aromatic heterocycles. The van der Waals surface area contributed by atoms with E-state index in [0.717, 1.165) is 37.1 Å². The monoisotopic (exact) mass is 242 g/mol. The Bertz CT molecular complexity index is 241. The van der Waals surface area contributed by atoms with E-state index in [1.54, 1.807) is 0 Å². The summed E-state index contributed by atoms with van der Waals surface area (Å²) < 4.78 is 0. The highest BCUT2D eigenvalue weighted by Gasteiger charge is 2.29. The molecule has 0 bridgehead atoms. The van der Waals surface area contributed by atoms with Crippen molar-refractivity contribution in [3.8, 4) is 0 Å². The van der Waals surface area contributed by atoms with E-state index < -0.39 is 0 Å². The van der Waals surface area contributed by atoms with Crippen LogP contribution >= 0.6 is 11.8 Å². The molecule has 2 unspecified atom stereocenters. The minimum Gasteiger partial charge on any atom is -0.341 e. The second-order valence-electron chi connectivity index (χ2n) is 4.78. The number of carbonyl (C=O) groups is 1. The van der Waals surface area contributed by atoms with E-state index in [2.05, 4.69) is 17.1 Å². The van der Waals surface area contributed by atoms with Crippen LogP contribution < -0.4 is 5.32 Å². The molecule has 92 valence electrons. The van der Waals surface area contributed by atoms with Crippen LogP contribution in [0.15, 0.2) is 0 Å². The van der Waals surface area contributed by atoms with Gasteiger partial charge in [-0.1, -0.05) is 13.3 Å². The van der Waals surface area contributed by atoms with Crippen molar-refractivity contribution in [1.82, 2.24) is 10.2 Å². The van der Waals surface area contributed by atoms with Crippen LogP contribution in [0.5, 0.6) is 0 Å². The summed E-state index contributed by atoms with van der Waals surface area (Å²) in [6.45, 7) is 5.16. The Balaban J connectivity index is 1.87. The lowest BCUT2D eigenvalue weighted by molar-refractivity contribution is -0.134. The molecule has 2 heterocycles. The maximum absolute atomic E-state index is 12.3. The number of nitrogens with zero attached hydrogens (tertiary/aromatic N) is 1. The molecule has 3 nitrogen and oxygen atoms in total. The average Bonchev–Trinajstić information content (AvgIpc) is 2.39. The van der Waals surface area contributed by atoms with Gasteiger partial charge >= 0.3 is 0 Å². The summed E-state index contributed by atoms with van der Waals surface area (Å²) >= 11 is 1.89. The van der Waals surface area contributed by atoms with Gasteiger partial charge < -0.3 is 10.2 Å². The fourth-order valence-corrected chi connectivity index (χ4v) is 3.47. The number of piperidine rings is 1. The molecule has 0 saturated carbocycles. The second-order valence-corrected chi connectivity index (χ2v) is 5.93. The molecule has 0 aromatic rings. The summed E-state index contributed by atoms with van der Waals surface area (Å²) in [5.41, 5.74) is 0. The first kappa shape index (κ1) is 12.2. The fraction of sp³-hybridized carbons (Fsp3) is 0.917. The number of carbonyl (C=O) groups excluding carboxylic acids is 1. The van der Waals surface area contributed by atoms with Crippen LogP contribution in [0.25, 0.3) is 0 Å². The molecule has 16 heavy (non-hydrogen) atoms. The van der Waals surface area contributed by atoms with Gasteiger partial charge in [0, 0.05) is 31.1 Å². The van der Waals surface area contributed by atoms with Gasteiger partial charge in [0.25, 0.3) is 0 Å². The van der Waals surface area contributed by atoms with Gasteiger partial charge in [0.1, 0.15) is 0 Å². The van der Waals surface area contributed by atoms with Crippen molar-refractivity contribution in [2.75, 3.05) is 31.1 Å². The predicted octanol–water partition coefficient (Wildman–Crippen LogP) is 1.34. The number of likely N-dealkylation sites (tertiary alicyclic amines) is 1. The molecule has 4 heteroatoms. The first-order chi connectivity index (χ1) is 7.81. The van der Waals surface area contributed by atoms with E-state index in [1.807, 2.05) is 11.8 Å². The zero-order valence-electron chi connectivity index (χ0n) is 10.1. The van der Waals surface area contributed by atoms with Crippen LogP contribution in [0.3, 0.4) is 0 Å². The first-order valence-corrected chi connectivity index (χ1v) is 7.56. The number of nitrogens with one attached hydrogen (secondary N) is 1. The number of hydrogen-bond donors (Lipinski definition) is 1. The largest absolute Gasteiger partial charge is 0.341 e. The van der Waals surface area contributed by atoms with E-state index in [-0.39, 0.29) is 6.04 Å². The Hall–Kier alpha value is -0.220. The van der Waals surface area contributed by atoms with E-state index in [1.165, 1.54) is 19.3 Å². The standard InChI is InChI=1S/C12H22N2OS/c1-2-10-4-3-6-14(8-10)12(15)11-9-16-7-5-13-11/h10-11,13H,2-9H2,1H3. The third-order valence-corrected chi connectivity index (χ3v) is 4.69. The SMILES string of the molecule is CCC1CCCN(C(=O)C2CSCCN2)C1. The quantitative estimate of drug-likeness (QED) is 0.793. The molecular weight excluding hydrogens is 220 g/mol. The smallest absolute Gasteiger partial charge is 0.240 e. The highest BCUT2D eigenvalue weighted by atomic mass is 32.2. The van der Waals surface area contributed by atoms with Crippen LogP contribution in [-0.4, -0.2) is 48.0 Å². The van der Waals surface area contributed by atoms with Gasteiger partial charge in [-0.2, -0.15) is 11.8 Å². The van der Waals surface area contributed by atoms with Crippen LogP contribution in [0.1, 0.15) is 26.2 Å². The summed E-state index contributed by atoms with van der Waals surface area (Å²) in [5.74, 6) is 3.16. The number of rotatable bonds is 2. The Morgan fingerprint density at radius 1 is 1.56 bits per heavy atom. The van der Waals surface area contributed by atoms with E-state index in [4.69, 9.17) is 0 Å². The summed E-state index contributed by atoms with van der Waals surface area (Å²) in [7, 11) is 0. The van der Waals surface area contributed by atoms with E-state index >= 15 is 0 Å². The van der Waals surface area contributed by atoms with Gasteiger partial charge in [-0.3, -0.25) is 4.79 Å². The highest BCUT2D eigenvalue weighted by Crippen LogP contribution is 2.20. The Morgan fingerprint density at radius 2 is 2.44 bits per heavy atom. The molecule has 1 N–H and O–H groups in total. The first-order valence-electron chi connectivity index (χ1n) is 6.41. The molecule has 0 spiro atoms. The number of hydrogen-bond acceptors (Lipinski definition) is 3. The third-order valence-electron chi connectivity index (χ3n) is 3.63. The minimum atomic E-state index is 0.0781. The average molecular weight is 242 g/mol. The van der Waals surface area contributed by atoms with Crippen LogP contribution in [0.2, 0.25) is 0 Å². The van der Waals surface area contributed by atoms with Crippen molar-refractivity contribution in [2.24, 2.45) is 5.92 Å². The van der Waals surface area contributed by atoms with Crippen LogP contribution in [-0.2, 0) is 4.79 Å². The van der Waals surface area contributed by atoms with Crippen LogP contribution in [0, 0.1) is 5.92 Å². The Kier molecular flexibility index (Phi) is 4.53. The molecule has 2 fully saturated rings. The third kappa shape index (κ3) is 2.92. The van der Waals surface area contributed by atoms with Crippen molar-refractivity contribution in [1.29, 1.82) is 0 Å². The van der Waals surface area contributed by atoms with Gasteiger partial charge in [0.2, 0.25) is 5.91 Å². The van der Waals surface area contributed by atoms with Crippen molar-refractivity contribution >= 4 is 17.7 Å². The topological polar surface area (TPSA) is 32.3 Å². The summed E-state index contributed by atoms with van der Waals surface area (Å²) in [6.07, 6.45) is 3.69. The van der Waals surface area contributed by atoms with Gasteiger partial charge in [-0.15, -0.1) is 0 Å². The van der Waals surface area contributed by atoms with Crippen LogP contribution in [0.4, 0.5) is 0 Å². The summed E-state index contributed by atoms with van der Waals surface area (Å²) in [4.78, 5) is 14.3. The van der Waals surface area contributed by atoms with Crippen molar-refractivity contribution < 1.29 is 4.79 Å². The van der Waals surface area contributed by atoms with E-state index in [0.29, 0.717) is 5.91 Å². The molecule has 2 aliphatic rings. The van der Waals surface area contributed by atoms with Gasteiger partial charge in [-0.25, -0.2) is 0 Å². The molecule has 0 aliphatic carbocycles. The maximum Gasteiger partial charge on any atom is 0.240 e. The Morgan fingerprint density at radius 3 is 3.12 bits per heavy atom. The van der Waals surface area contributed by atoms with Crippen molar-refractivity contribution in [3.05, 3.63) is 0 Å². The lowest BCUT2D eigenvalue weighted by Gasteiger charge is -2.35. The Labute approximate surface area is 102 Å². The normalized spacial score (nSPS) is 31.4. The molecule has 2 saturated heterocycles. The molecule has 2 aliphatic heterocycles. The summed E-state index contributed by atoms with van der Waals surface area (Å²) in [5, 5.41) is 3.34. The van der Waals surface area contributed by atoms with Gasteiger partial charge in [0.15, 0.2) is 0 Å². The molecule has 0 aromatic carbocycles. The van der Waals surface area contributed by atoms with E-state index in [9.17, 15) is 4.79 Å².